The van der Waals surface area contributed by atoms with Crippen molar-refractivity contribution in [2.24, 2.45) is 0 Å². The molecular formula is C13H18ClN3O. The molecule has 0 saturated heterocycles. The zero-order chi connectivity index (χ0) is 12.8. The molecular weight excluding hydrogens is 250 g/mol. The van der Waals surface area contributed by atoms with Gasteiger partial charge in [0.1, 0.15) is 11.3 Å². The van der Waals surface area contributed by atoms with Crippen molar-refractivity contribution in [1.82, 2.24) is 14.5 Å². The second kappa shape index (κ2) is 6.71. The smallest absolute Gasteiger partial charge is 0.111 e. The number of ether oxygens (including phenoxy) is 1. The monoisotopic (exact) mass is 267 g/mol. The van der Waals surface area contributed by atoms with Gasteiger partial charge in [-0.15, -0.1) is 11.6 Å². The zero-order valence-corrected chi connectivity index (χ0v) is 11.4. The minimum absolute atomic E-state index is 0.592. The number of fused-ring (bicyclic) bond motifs is 1. The van der Waals surface area contributed by atoms with E-state index < -0.39 is 0 Å². The molecule has 0 unspecified atom stereocenters. The second-order valence-corrected chi connectivity index (χ2v) is 4.56. The van der Waals surface area contributed by atoms with Crippen LogP contribution in [0.15, 0.2) is 18.5 Å². The summed E-state index contributed by atoms with van der Waals surface area (Å²) in [5, 5.41) is 0. The van der Waals surface area contributed by atoms with Crippen LogP contribution in [0, 0.1) is 0 Å². The van der Waals surface area contributed by atoms with Crippen LogP contribution in [0.4, 0.5) is 0 Å². The largest absolute Gasteiger partial charge is 0.385 e. The fourth-order valence-electron chi connectivity index (χ4n) is 2.07. The summed E-state index contributed by atoms with van der Waals surface area (Å²) >= 11 is 5.83. The summed E-state index contributed by atoms with van der Waals surface area (Å²) in [6.07, 6.45) is 6.54. The molecule has 0 atom stereocenters. The molecule has 4 nitrogen and oxygen atoms in total. The molecule has 5 heteroatoms. The van der Waals surface area contributed by atoms with Gasteiger partial charge in [0.15, 0.2) is 0 Å². The number of rotatable bonds is 7. The normalized spacial score (nSPS) is 11.2. The molecule has 2 aromatic rings. The van der Waals surface area contributed by atoms with E-state index in [0.717, 1.165) is 49.3 Å². The average molecular weight is 268 g/mol. The highest BCUT2D eigenvalue weighted by atomic mass is 35.5. The Bertz CT molecular complexity index is 498. The lowest BCUT2D eigenvalue weighted by molar-refractivity contribution is 0.191. The van der Waals surface area contributed by atoms with Crippen LogP contribution in [-0.4, -0.2) is 34.1 Å². The summed E-state index contributed by atoms with van der Waals surface area (Å²) in [6.45, 7) is 1.76. The van der Waals surface area contributed by atoms with Gasteiger partial charge in [0.05, 0.1) is 11.7 Å². The molecule has 0 aliphatic carbocycles. The van der Waals surface area contributed by atoms with Gasteiger partial charge in [-0.1, -0.05) is 0 Å². The minimum atomic E-state index is 0.592. The van der Waals surface area contributed by atoms with Gasteiger partial charge in [-0.05, 0) is 18.9 Å². The Morgan fingerprint density at radius 3 is 3.06 bits per heavy atom. The van der Waals surface area contributed by atoms with Crippen LogP contribution in [0.2, 0.25) is 0 Å². The van der Waals surface area contributed by atoms with Crippen molar-refractivity contribution in [2.75, 3.05) is 19.6 Å². The Hall–Kier alpha value is -1.13. The Kier molecular flexibility index (Phi) is 4.96. The number of methoxy groups -OCH3 is 1. The summed E-state index contributed by atoms with van der Waals surface area (Å²) in [5.74, 6) is 1.64. The predicted molar refractivity (Wildman–Crippen MR) is 73.1 cm³/mol. The lowest BCUT2D eigenvalue weighted by atomic mass is 10.3. The van der Waals surface area contributed by atoms with E-state index in [1.807, 2.05) is 6.07 Å². The summed E-state index contributed by atoms with van der Waals surface area (Å²) in [6, 6.07) is 2.01. The number of alkyl halides is 1. The SMILES string of the molecule is COCCCCn1c(CCCl)nc2cnccc21. The lowest BCUT2D eigenvalue weighted by Crippen LogP contribution is -2.05. The molecule has 2 aromatic heterocycles. The Morgan fingerprint density at radius 2 is 2.28 bits per heavy atom. The van der Waals surface area contributed by atoms with Gasteiger partial charge in [0, 0.05) is 38.8 Å². The summed E-state index contributed by atoms with van der Waals surface area (Å²) in [5.41, 5.74) is 2.09. The van der Waals surface area contributed by atoms with Crippen LogP contribution in [0.25, 0.3) is 11.0 Å². The molecule has 2 heterocycles. The molecule has 2 rings (SSSR count). The number of imidazole rings is 1. The number of aryl methyl sites for hydroxylation is 2. The van der Waals surface area contributed by atoms with Gasteiger partial charge in [-0.3, -0.25) is 4.98 Å². The van der Waals surface area contributed by atoms with Crippen molar-refractivity contribution < 1.29 is 4.74 Å². The Morgan fingerprint density at radius 1 is 1.39 bits per heavy atom. The standard InChI is InChI=1S/C13H18ClN3O/c1-18-9-3-2-8-17-12-5-7-15-10-11(12)16-13(17)4-6-14/h5,7,10H,2-4,6,8-9H2,1H3. The number of nitrogens with zero attached hydrogens (tertiary/aromatic N) is 3. The highest BCUT2D eigenvalue weighted by Gasteiger charge is 2.09. The third-order valence-corrected chi connectivity index (χ3v) is 3.12. The zero-order valence-electron chi connectivity index (χ0n) is 10.6. The van der Waals surface area contributed by atoms with E-state index in [1.165, 1.54) is 0 Å². The van der Waals surface area contributed by atoms with E-state index in [0.29, 0.717) is 5.88 Å². The number of aromatic nitrogens is 3. The van der Waals surface area contributed by atoms with Crippen molar-refractivity contribution in [2.45, 2.75) is 25.8 Å². The van der Waals surface area contributed by atoms with E-state index in [-0.39, 0.29) is 0 Å². The predicted octanol–water partition coefficient (Wildman–Crippen LogP) is 2.64. The fraction of sp³-hybridized carbons (Fsp3) is 0.538. The lowest BCUT2D eigenvalue weighted by Gasteiger charge is -2.08. The third-order valence-electron chi connectivity index (χ3n) is 2.93. The fourth-order valence-corrected chi connectivity index (χ4v) is 2.24. The first-order valence-electron chi connectivity index (χ1n) is 6.21. The second-order valence-electron chi connectivity index (χ2n) is 4.18. The summed E-state index contributed by atoms with van der Waals surface area (Å²) in [7, 11) is 1.73. The van der Waals surface area contributed by atoms with Crippen LogP contribution >= 0.6 is 11.6 Å². The molecule has 18 heavy (non-hydrogen) atoms. The molecule has 0 bridgehead atoms. The maximum absolute atomic E-state index is 5.83. The Labute approximate surface area is 112 Å². The number of unbranched alkanes of at least 4 members (excludes halogenated alkanes) is 1. The first kappa shape index (κ1) is 13.3. The molecule has 0 spiro atoms. The van der Waals surface area contributed by atoms with Crippen molar-refractivity contribution in [3.8, 4) is 0 Å². The van der Waals surface area contributed by atoms with E-state index in [2.05, 4.69) is 14.5 Å². The quantitative estimate of drug-likeness (QED) is 0.572. The minimum Gasteiger partial charge on any atom is -0.385 e. The van der Waals surface area contributed by atoms with Crippen molar-refractivity contribution in [3.63, 3.8) is 0 Å². The molecule has 0 fully saturated rings. The summed E-state index contributed by atoms with van der Waals surface area (Å²) in [4.78, 5) is 8.69. The summed E-state index contributed by atoms with van der Waals surface area (Å²) < 4.78 is 7.32. The molecule has 0 aromatic carbocycles. The van der Waals surface area contributed by atoms with E-state index in [9.17, 15) is 0 Å². The van der Waals surface area contributed by atoms with Crippen LogP contribution in [0.1, 0.15) is 18.7 Å². The number of halogens is 1. The third kappa shape index (κ3) is 3.00. The van der Waals surface area contributed by atoms with Crippen molar-refractivity contribution in [3.05, 3.63) is 24.3 Å². The van der Waals surface area contributed by atoms with Gasteiger partial charge >= 0.3 is 0 Å². The van der Waals surface area contributed by atoms with Crippen molar-refractivity contribution in [1.29, 1.82) is 0 Å². The van der Waals surface area contributed by atoms with Gasteiger partial charge in [0.25, 0.3) is 0 Å². The number of hydrogen-bond acceptors (Lipinski definition) is 3. The maximum Gasteiger partial charge on any atom is 0.111 e. The van der Waals surface area contributed by atoms with Crippen LogP contribution in [0.5, 0.6) is 0 Å². The van der Waals surface area contributed by atoms with E-state index in [1.54, 1.807) is 19.5 Å². The Balaban J connectivity index is 2.19. The van der Waals surface area contributed by atoms with Gasteiger partial charge in [-0.25, -0.2) is 4.98 Å². The molecule has 0 N–H and O–H groups in total. The van der Waals surface area contributed by atoms with Gasteiger partial charge in [0.2, 0.25) is 0 Å². The van der Waals surface area contributed by atoms with Gasteiger partial charge < -0.3 is 9.30 Å². The number of hydrogen-bond donors (Lipinski definition) is 0. The van der Waals surface area contributed by atoms with Crippen molar-refractivity contribution >= 4 is 22.6 Å². The van der Waals surface area contributed by atoms with E-state index in [4.69, 9.17) is 16.3 Å². The molecule has 98 valence electrons. The maximum atomic E-state index is 5.83. The molecule has 0 radical (unpaired) electrons. The molecule has 0 aliphatic rings. The molecule has 0 amide bonds. The van der Waals surface area contributed by atoms with Crippen LogP contribution in [0.3, 0.4) is 0 Å². The van der Waals surface area contributed by atoms with Crippen LogP contribution < -0.4 is 0 Å². The van der Waals surface area contributed by atoms with Gasteiger partial charge in [-0.2, -0.15) is 0 Å². The first-order chi connectivity index (χ1) is 8.86. The highest BCUT2D eigenvalue weighted by molar-refractivity contribution is 6.17. The molecule has 0 aliphatic heterocycles. The van der Waals surface area contributed by atoms with Crippen LogP contribution in [-0.2, 0) is 17.7 Å². The molecule has 0 saturated carbocycles. The first-order valence-corrected chi connectivity index (χ1v) is 6.74. The topological polar surface area (TPSA) is 39.9 Å². The number of pyridine rings is 1. The average Bonchev–Trinajstić information content (AvgIpc) is 2.73. The highest BCUT2D eigenvalue weighted by Crippen LogP contribution is 2.16. The van der Waals surface area contributed by atoms with E-state index >= 15 is 0 Å².